The average molecular weight is 666 g/mol. The second kappa shape index (κ2) is 14.0. The van der Waals surface area contributed by atoms with Crippen molar-refractivity contribution in [2.75, 3.05) is 10.2 Å². The van der Waals surface area contributed by atoms with E-state index in [1.54, 1.807) is 40.7 Å². The standard InChI is InChI=1S/C32H35Cl3N2O7/c1-8-19-23(37(30(41)31(42)44-32(5,6)7)18-13-20(33)27(38)21(34)14-18)15-22(28(39)26(19)35)36-29(40)24(9-2)43-25-11-10-16(3)12-17(25)4/h10-15,24,38-39H,8-9H2,1-7H3,(H,36,40). The van der Waals surface area contributed by atoms with Gasteiger partial charge in [0.05, 0.1) is 32.1 Å². The van der Waals surface area contributed by atoms with Crippen molar-refractivity contribution in [2.24, 2.45) is 0 Å². The van der Waals surface area contributed by atoms with E-state index in [0.29, 0.717) is 12.2 Å². The van der Waals surface area contributed by atoms with E-state index in [-0.39, 0.29) is 44.1 Å². The van der Waals surface area contributed by atoms with Crippen LogP contribution >= 0.6 is 34.8 Å². The molecule has 3 rings (SSSR count). The predicted molar refractivity (Wildman–Crippen MR) is 173 cm³/mol. The Morgan fingerprint density at radius 1 is 0.955 bits per heavy atom. The fourth-order valence-electron chi connectivity index (χ4n) is 4.38. The molecule has 0 fully saturated rings. The number of phenolic OH excluding ortho intramolecular Hbond substituents is 2. The van der Waals surface area contributed by atoms with Crippen molar-refractivity contribution in [3.8, 4) is 17.2 Å². The molecule has 44 heavy (non-hydrogen) atoms. The van der Waals surface area contributed by atoms with Crippen LogP contribution in [-0.2, 0) is 25.5 Å². The van der Waals surface area contributed by atoms with Crippen LogP contribution in [0.25, 0.3) is 0 Å². The van der Waals surface area contributed by atoms with Gasteiger partial charge < -0.3 is 25.0 Å². The normalized spacial score (nSPS) is 12.0. The lowest BCUT2D eigenvalue weighted by molar-refractivity contribution is -0.162. The smallest absolute Gasteiger partial charge is 0.398 e. The van der Waals surface area contributed by atoms with E-state index in [0.717, 1.165) is 16.0 Å². The molecule has 0 aliphatic rings. The summed E-state index contributed by atoms with van der Waals surface area (Å²) in [6.45, 7) is 12.1. The molecule has 0 heterocycles. The molecule has 236 valence electrons. The summed E-state index contributed by atoms with van der Waals surface area (Å²) in [7, 11) is 0. The minimum atomic E-state index is -1.21. The van der Waals surface area contributed by atoms with E-state index in [1.807, 2.05) is 26.0 Å². The van der Waals surface area contributed by atoms with Gasteiger partial charge in [-0.3, -0.25) is 14.5 Å². The summed E-state index contributed by atoms with van der Waals surface area (Å²) in [5.74, 6) is -3.29. The zero-order valence-electron chi connectivity index (χ0n) is 25.5. The number of carbonyl (C=O) groups excluding carboxylic acids is 3. The van der Waals surface area contributed by atoms with Gasteiger partial charge in [0.15, 0.2) is 17.6 Å². The number of benzene rings is 3. The second-order valence-corrected chi connectivity index (χ2v) is 12.3. The van der Waals surface area contributed by atoms with Gasteiger partial charge in [0.2, 0.25) is 0 Å². The van der Waals surface area contributed by atoms with Crippen LogP contribution in [0.1, 0.15) is 57.7 Å². The molecule has 0 aliphatic carbocycles. The highest BCUT2D eigenvalue weighted by atomic mass is 35.5. The maximum absolute atomic E-state index is 13.7. The molecule has 0 bridgehead atoms. The number of nitrogens with zero attached hydrogens (tertiary/aromatic N) is 1. The third-order valence-corrected chi connectivity index (χ3v) is 7.45. The van der Waals surface area contributed by atoms with Crippen LogP contribution in [0.2, 0.25) is 15.1 Å². The lowest BCUT2D eigenvalue weighted by Crippen LogP contribution is -2.38. The van der Waals surface area contributed by atoms with Crippen LogP contribution in [0.5, 0.6) is 17.2 Å². The van der Waals surface area contributed by atoms with Gasteiger partial charge in [-0.1, -0.05) is 66.3 Å². The number of carbonyl (C=O) groups is 3. The number of hydrogen-bond acceptors (Lipinski definition) is 7. The highest BCUT2D eigenvalue weighted by Crippen LogP contribution is 2.45. The van der Waals surface area contributed by atoms with Crippen molar-refractivity contribution in [1.82, 2.24) is 0 Å². The molecule has 0 spiro atoms. The Kier molecular flexibility index (Phi) is 11.1. The van der Waals surface area contributed by atoms with Gasteiger partial charge >= 0.3 is 11.9 Å². The summed E-state index contributed by atoms with van der Waals surface area (Å²) in [6, 6.07) is 9.34. The second-order valence-electron chi connectivity index (χ2n) is 11.1. The van der Waals surface area contributed by atoms with Crippen molar-refractivity contribution in [3.05, 3.63) is 68.2 Å². The molecule has 12 heteroatoms. The van der Waals surface area contributed by atoms with Crippen LogP contribution in [0.3, 0.4) is 0 Å². The van der Waals surface area contributed by atoms with Gasteiger partial charge in [-0.25, -0.2) is 4.79 Å². The Hall–Kier alpha value is -3.66. The number of nitrogens with one attached hydrogen (secondary N) is 1. The van der Waals surface area contributed by atoms with Crippen LogP contribution in [-0.4, -0.2) is 39.7 Å². The van der Waals surface area contributed by atoms with Crippen molar-refractivity contribution in [3.63, 3.8) is 0 Å². The molecule has 3 N–H and O–H groups in total. The summed E-state index contributed by atoms with van der Waals surface area (Å²) in [6.07, 6.45) is -0.458. The third-order valence-electron chi connectivity index (χ3n) is 6.47. The van der Waals surface area contributed by atoms with Gasteiger partial charge in [-0.05, 0) is 82.9 Å². The Labute approximate surface area is 271 Å². The average Bonchev–Trinajstić information content (AvgIpc) is 2.93. The molecule has 0 radical (unpaired) electrons. The van der Waals surface area contributed by atoms with E-state index in [2.05, 4.69) is 5.32 Å². The Morgan fingerprint density at radius 2 is 1.57 bits per heavy atom. The van der Waals surface area contributed by atoms with Crippen molar-refractivity contribution in [1.29, 1.82) is 0 Å². The number of phenols is 2. The molecule has 1 unspecified atom stereocenters. The quantitative estimate of drug-likeness (QED) is 0.126. The van der Waals surface area contributed by atoms with Crippen LogP contribution in [0.4, 0.5) is 17.1 Å². The molecular weight excluding hydrogens is 631 g/mol. The Bertz CT molecular complexity index is 1580. The summed E-state index contributed by atoms with van der Waals surface area (Å²) in [5, 5.41) is 23.3. The lowest BCUT2D eigenvalue weighted by atomic mass is 10.1. The third kappa shape index (κ3) is 7.88. The molecule has 0 aliphatic heterocycles. The number of rotatable bonds is 8. The molecule has 2 amide bonds. The minimum Gasteiger partial charge on any atom is -0.505 e. The number of halogens is 3. The number of aromatic hydroxyl groups is 2. The molecular formula is C32H35Cl3N2O7. The zero-order chi connectivity index (χ0) is 33.1. The van der Waals surface area contributed by atoms with E-state index >= 15 is 0 Å². The number of amides is 2. The molecule has 3 aromatic rings. The number of ether oxygens (including phenoxy) is 2. The minimum absolute atomic E-state index is 0.00740. The number of esters is 1. The van der Waals surface area contributed by atoms with E-state index in [9.17, 15) is 24.6 Å². The Balaban J connectivity index is 2.15. The van der Waals surface area contributed by atoms with Crippen molar-refractivity contribution >= 4 is 69.6 Å². The first-order valence-corrected chi connectivity index (χ1v) is 15.0. The fraction of sp³-hybridized carbons (Fsp3) is 0.344. The number of anilines is 3. The fourth-order valence-corrected chi connectivity index (χ4v) is 5.18. The molecule has 1 atom stereocenters. The topological polar surface area (TPSA) is 125 Å². The highest BCUT2D eigenvalue weighted by Gasteiger charge is 2.34. The van der Waals surface area contributed by atoms with Crippen LogP contribution < -0.4 is 15.0 Å². The first-order valence-electron chi connectivity index (χ1n) is 13.8. The van der Waals surface area contributed by atoms with Gasteiger partial charge in [-0.2, -0.15) is 0 Å². The molecule has 0 saturated carbocycles. The van der Waals surface area contributed by atoms with E-state index in [4.69, 9.17) is 44.3 Å². The molecule has 3 aromatic carbocycles. The van der Waals surface area contributed by atoms with Gasteiger partial charge in [0.1, 0.15) is 11.4 Å². The van der Waals surface area contributed by atoms with E-state index < -0.39 is 41.0 Å². The number of hydrogen-bond donors (Lipinski definition) is 3. The molecule has 9 nitrogen and oxygen atoms in total. The first-order chi connectivity index (χ1) is 20.5. The maximum atomic E-state index is 13.7. The number of aryl methyl sites for hydroxylation is 2. The molecule has 0 saturated heterocycles. The first kappa shape index (κ1) is 34.8. The zero-order valence-corrected chi connectivity index (χ0v) is 27.7. The van der Waals surface area contributed by atoms with Gasteiger partial charge in [0.25, 0.3) is 5.91 Å². The van der Waals surface area contributed by atoms with Gasteiger partial charge in [-0.15, -0.1) is 0 Å². The largest absolute Gasteiger partial charge is 0.505 e. The van der Waals surface area contributed by atoms with E-state index in [1.165, 1.54) is 18.2 Å². The summed E-state index contributed by atoms with van der Waals surface area (Å²) >= 11 is 19.0. The lowest BCUT2D eigenvalue weighted by Gasteiger charge is -2.28. The van der Waals surface area contributed by atoms with Crippen LogP contribution in [0.15, 0.2) is 36.4 Å². The predicted octanol–water partition coefficient (Wildman–Crippen LogP) is 8.04. The highest BCUT2D eigenvalue weighted by molar-refractivity contribution is 6.42. The Morgan fingerprint density at radius 3 is 2.09 bits per heavy atom. The van der Waals surface area contributed by atoms with Crippen molar-refractivity contribution < 1.29 is 34.1 Å². The summed E-state index contributed by atoms with van der Waals surface area (Å²) in [4.78, 5) is 41.1. The maximum Gasteiger partial charge on any atom is 0.398 e. The summed E-state index contributed by atoms with van der Waals surface area (Å²) < 4.78 is 11.3. The van der Waals surface area contributed by atoms with Gasteiger partial charge in [0, 0.05) is 0 Å². The van der Waals surface area contributed by atoms with Crippen molar-refractivity contribution in [2.45, 2.75) is 73.0 Å². The molecule has 0 aromatic heterocycles. The van der Waals surface area contributed by atoms with Crippen LogP contribution in [0, 0.1) is 13.8 Å². The monoisotopic (exact) mass is 664 g/mol. The SMILES string of the molecule is CCc1c(N(C(=O)C(=O)OC(C)(C)C)c2cc(Cl)c(O)c(Cl)c2)cc(NC(=O)C(CC)Oc2ccc(C)cc2C)c(O)c1Cl. The summed E-state index contributed by atoms with van der Waals surface area (Å²) in [5.41, 5.74) is 1.02.